The van der Waals surface area contributed by atoms with E-state index in [1.54, 1.807) is 33.7 Å². The SMILES string of the molecule is COc1ccc(OC)c(-c2coc3c(C)c(OC)c(/C(C)=C/C(=O)NC4CCCCC4)cc23)c1. The third kappa shape index (κ3) is 4.63. The van der Waals surface area contributed by atoms with Crippen molar-refractivity contribution in [2.75, 3.05) is 21.3 Å². The molecule has 180 valence electrons. The second-order valence-electron chi connectivity index (χ2n) is 8.85. The molecule has 2 aromatic carbocycles. The lowest BCUT2D eigenvalue weighted by Crippen LogP contribution is -2.35. The van der Waals surface area contributed by atoms with Gasteiger partial charge in [-0.3, -0.25) is 4.79 Å². The Hall–Kier alpha value is -3.41. The van der Waals surface area contributed by atoms with Gasteiger partial charge in [0.2, 0.25) is 5.91 Å². The molecule has 1 saturated carbocycles. The molecule has 0 saturated heterocycles. The van der Waals surface area contributed by atoms with Gasteiger partial charge in [-0.05, 0) is 56.5 Å². The molecular formula is C28H33NO5. The van der Waals surface area contributed by atoms with Crippen LogP contribution in [0.1, 0.15) is 50.2 Å². The number of aryl methyl sites for hydroxylation is 1. The predicted molar refractivity (Wildman–Crippen MR) is 135 cm³/mol. The van der Waals surface area contributed by atoms with Crippen molar-refractivity contribution in [3.8, 4) is 28.4 Å². The van der Waals surface area contributed by atoms with Crippen LogP contribution >= 0.6 is 0 Å². The number of hydrogen-bond donors (Lipinski definition) is 1. The number of carbonyl (C=O) groups is 1. The number of furan rings is 1. The average molecular weight is 464 g/mol. The Labute approximate surface area is 200 Å². The van der Waals surface area contributed by atoms with Crippen LogP contribution in [-0.4, -0.2) is 33.3 Å². The maximum absolute atomic E-state index is 12.8. The molecule has 6 heteroatoms. The number of amides is 1. The number of allylic oxidation sites excluding steroid dienone is 1. The quantitative estimate of drug-likeness (QED) is 0.417. The highest BCUT2D eigenvalue weighted by atomic mass is 16.5. The third-order valence-electron chi connectivity index (χ3n) is 6.67. The third-order valence-corrected chi connectivity index (χ3v) is 6.67. The Kier molecular flexibility index (Phi) is 7.15. The van der Waals surface area contributed by atoms with Gasteiger partial charge in [-0.1, -0.05) is 19.3 Å². The molecular weight excluding hydrogens is 430 g/mol. The van der Waals surface area contributed by atoms with Gasteiger partial charge in [0.05, 0.1) is 27.6 Å². The van der Waals surface area contributed by atoms with Crippen LogP contribution in [0.25, 0.3) is 27.7 Å². The largest absolute Gasteiger partial charge is 0.497 e. The van der Waals surface area contributed by atoms with E-state index in [0.29, 0.717) is 5.75 Å². The van der Waals surface area contributed by atoms with Crippen LogP contribution in [-0.2, 0) is 4.79 Å². The fourth-order valence-corrected chi connectivity index (χ4v) is 4.87. The summed E-state index contributed by atoms with van der Waals surface area (Å²) in [4.78, 5) is 12.8. The molecule has 34 heavy (non-hydrogen) atoms. The highest BCUT2D eigenvalue weighted by Gasteiger charge is 2.21. The first kappa shape index (κ1) is 23.7. The van der Waals surface area contributed by atoms with Crippen LogP contribution in [0.4, 0.5) is 0 Å². The van der Waals surface area contributed by atoms with Crippen molar-refractivity contribution in [3.05, 3.63) is 47.7 Å². The van der Waals surface area contributed by atoms with Crippen molar-refractivity contribution in [3.63, 3.8) is 0 Å². The summed E-state index contributed by atoms with van der Waals surface area (Å²) in [5, 5.41) is 4.08. The van der Waals surface area contributed by atoms with E-state index in [0.717, 1.165) is 63.1 Å². The van der Waals surface area contributed by atoms with E-state index >= 15 is 0 Å². The van der Waals surface area contributed by atoms with Crippen LogP contribution in [0.15, 0.2) is 41.0 Å². The molecule has 1 heterocycles. The number of nitrogens with one attached hydrogen (secondary N) is 1. The van der Waals surface area contributed by atoms with E-state index in [-0.39, 0.29) is 11.9 Å². The minimum absolute atomic E-state index is 0.0638. The highest BCUT2D eigenvalue weighted by molar-refractivity contribution is 6.02. The second kappa shape index (κ2) is 10.2. The molecule has 0 bridgehead atoms. The number of methoxy groups -OCH3 is 3. The molecule has 0 radical (unpaired) electrons. The topological polar surface area (TPSA) is 69.9 Å². The van der Waals surface area contributed by atoms with Gasteiger partial charge in [-0.25, -0.2) is 0 Å². The molecule has 0 aliphatic heterocycles. The number of rotatable bonds is 7. The molecule has 1 aliphatic rings. The van der Waals surface area contributed by atoms with Crippen molar-refractivity contribution < 1.29 is 23.4 Å². The Morgan fingerprint density at radius 3 is 2.47 bits per heavy atom. The van der Waals surface area contributed by atoms with E-state index < -0.39 is 0 Å². The Morgan fingerprint density at radius 2 is 1.79 bits per heavy atom. The van der Waals surface area contributed by atoms with Crippen molar-refractivity contribution in [2.24, 2.45) is 0 Å². The summed E-state index contributed by atoms with van der Waals surface area (Å²) in [5.41, 5.74) is 5.06. The fraction of sp³-hybridized carbons (Fsp3) is 0.393. The summed E-state index contributed by atoms with van der Waals surface area (Å²) in [5.74, 6) is 2.08. The standard InChI is InChI=1S/C28H33NO5/c1-17(13-26(30)29-19-9-7-6-8-10-19)21-15-23-24(16-34-28(23)18(2)27(21)33-5)22-14-20(31-3)11-12-25(22)32-4/h11-16,19H,6-10H2,1-5H3,(H,29,30)/b17-13+. The minimum Gasteiger partial charge on any atom is -0.497 e. The van der Waals surface area contributed by atoms with Crippen molar-refractivity contribution in [1.29, 1.82) is 0 Å². The average Bonchev–Trinajstić information content (AvgIpc) is 3.28. The zero-order valence-electron chi connectivity index (χ0n) is 20.6. The van der Waals surface area contributed by atoms with Crippen LogP contribution in [0.2, 0.25) is 0 Å². The zero-order valence-corrected chi connectivity index (χ0v) is 20.6. The van der Waals surface area contributed by atoms with E-state index in [4.69, 9.17) is 18.6 Å². The lowest BCUT2D eigenvalue weighted by atomic mass is 9.95. The fourth-order valence-electron chi connectivity index (χ4n) is 4.87. The number of carbonyl (C=O) groups excluding carboxylic acids is 1. The van der Waals surface area contributed by atoms with Crippen LogP contribution in [0.5, 0.6) is 17.2 Å². The molecule has 3 aromatic rings. The van der Waals surface area contributed by atoms with Crippen LogP contribution in [0, 0.1) is 6.92 Å². The molecule has 0 unspecified atom stereocenters. The summed E-state index contributed by atoms with van der Waals surface area (Å²) in [6.45, 7) is 3.91. The Balaban J connectivity index is 1.78. The molecule has 1 aromatic heterocycles. The molecule has 1 N–H and O–H groups in total. The Morgan fingerprint density at radius 1 is 1.03 bits per heavy atom. The molecule has 0 atom stereocenters. The van der Waals surface area contributed by atoms with E-state index in [1.807, 2.05) is 38.1 Å². The second-order valence-corrected chi connectivity index (χ2v) is 8.85. The Bertz CT molecular complexity index is 1220. The van der Waals surface area contributed by atoms with Crippen LogP contribution < -0.4 is 19.5 Å². The maximum atomic E-state index is 12.8. The number of ether oxygens (including phenoxy) is 3. The first-order valence-electron chi connectivity index (χ1n) is 11.8. The summed E-state index contributed by atoms with van der Waals surface area (Å²) in [7, 11) is 4.92. The summed E-state index contributed by atoms with van der Waals surface area (Å²) in [6, 6.07) is 7.96. The molecule has 1 aliphatic carbocycles. The number of benzene rings is 2. The minimum atomic E-state index is -0.0638. The zero-order chi connectivity index (χ0) is 24.2. The van der Waals surface area contributed by atoms with Gasteiger partial charge in [0.1, 0.15) is 22.8 Å². The molecule has 4 rings (SSSR count). The maximum Gasteiger partial charge on any atom is 0.244 e. The van der Waals surface area contributed by atoms with Crippen molar-refractivity contribution in [1.82, 2.24) is 5.32 Å². The van der Waals surface area contributed by atoms with Crippen molar-refractivity contribution in [2.45, 2.75) is 52.0 Å². The van der Waals surface area contributed by atoms with E-state index in [9.17, 15) is 4.79 Å². The predicted octanol–water partition coefficient (Wildman–Crippen LogP) is 6.29. The smallest absolute Gasteiger partial charge is 0.244 e. The van der Waals surface area contributed by atoms with E-state index in [1.165, 1.54) is 19.3 Å². The van der Waals surface area contributed by atoms with Gasteiger partial charge >= 0.3 is 0 Å². The van der Waals surface area contributed by atoms with E-state index in [2.05, 4.69) is 5.32 Å². The summed E-state index contributed by atoms with van der Waals surface area (Å²) >= 11 is 0. The van der Waals surface area contributed by atoms with Gasteiger partial charge < -0.3 is 23.9 Å². The lowest BCUT2D eigenvalue weighted by Gasteiger charge is -2.22. The molecule has 0 spiro atoms. The van der Waals surface area contributed by atoms with Gasteiger partial charge in [0, 0.05) is 39.8 Å². The highest BCUT2D eigenvalue weighted by Crippen LogP contribution is 2.43. The normalized spacial score (nSPS) is 14.8. The molecule has 1 fully saturated rings. The molecule has 6 nitrogen and oxygen atoms in total. The first-order valence-corrected chi connectivity index (χ1v) is 11.8. The summed E-state index contributed by atoms with van der Waals surface area (Å²) in [6.07, 6.45) is 9.10. The number of hydrogen-bond acceptors (Lipinski definition) is 5. The van der Waals surface area contributed by atoms with Gasteiger partial charge in [-0.2, -0.15) is 0 Å². The lowest BCUT2D eigenvalue weighted by molar-refractivity contribution is -0.117. The van der Waals surface area contributed by atoms with Gasteiger partial charge in [0.25, 0.3) is 0 Å². The first-order chi connectivity index (χ1) is 16.5. The summed E-state index contributed by atoms with van der Waals surface area (Å²) < 4.78 is 22.8. The van der Waals surface area contributed by atoms with Gasteiger partial charge in [0.15, 0.2) is 0 Å². The monoisotopic (exact) mass is 463 g/mol. The molecule has 1 amide bonds. The van der Waals surface area contributed by atoms with Crippen molar-refractivity contribution >= 4 is 22.4 Å². The van der Waals surface area contributed by atoms with Gasteiger partial charge in [-0.15, -0.1) is 0 Å². The number of fused-ring (bicyclic) bond motifs is 1. The van der Waals surface area contributed by atoms with Crippen LogP contribution in [0.3, 0.4) is 0 Å².